The summed E-state index contributed by atoms with van der Waals surface area (Å²) in [5, 5.41) is 6.61. The molecule has 0 unspecified atom stereocenters. The van der Waals surface area contributed by atoms with E-state index in [0.717, 1.165) is 35.1 Å². The number of hydrogen-bond acceptors (Lipinski definition) is 4. The summed E-state index contributed by atoms with van der Waals surface area (Å²) < 4.78 is 5.88. The molecule has 0 aliphatic heterocycles. The van der Waals surface area contributed by atoms with Gasteiger partial charge in [-0.2, -0.15) is 0 Å². The minimum Gasteiger partial charge on any atom is -0.487 e. The van der Waals surface area contributed by atoms with E-state index in [9.17, 15) is 0 Å². The highest BCUT2D eigenvalue weighted by atomic mass is 32.1. The van der Waals surface area contributed by atoms with Crippen molar-refractivity contribution in [1.82, 2.24) is 10.3 Å². The molecule has 0 spiro atoms. The van der Waals surface area contributed by atoms with Gasteiger partial charge in [-0.25, -0.2) is 4.98 Å². The Morgan fingerprint density at radius 2 is 2.10 bits per heavy atom. The fourth-order valence-electron chi connectivity index (χ4n) is 1.98. The number of hydrogen-bond donors (Lipinski definition) is 1. The van der Waals surface area contributed by atoms with Gasteiger partial charge in [-0.05, 0) is 43.5 Å². The van der Waals surface area contributed by atoms with Gasteiger partial charge in [0.25, 0.3) is 0 Å². The quantitative estimate of drug-likeness (QED) is 0.837. The van der Waals surface area contributed by atoms with Gasteiger partial charge in [0.15, 0.2) is 0 Å². The van der Waals surface area contributed by atoms with Crippen LogP contribution in [0, 0.1) is 19.8 Å². The number of nitrogens with one attached hydrogen (secondary N) is 1. The number of aryl methyl sites for hydroxylation is 2. The molecule has 0 atom stereocenters. The van der Waals surface area contributed by atoms with Gasteiger partial charge < -0.3 is 10.1 Å². The van der Waals surface area contributed by atoms with Crippen LogP contribution in [0.2, 0.25) is 0 Å². The Morgan fingerprint density at radius 1 is 1.29 bits per heavy atom. The highest BCUT2D eigenvalue weighted by Crippen LogP contribution is 2.21. The number of benzene rings is 1. The second-order valence-electron chi connectivity index (χ2n) is 5.81. The van der Waals surface area contributed by atoms with E-state index in [1.165, 1.54) is 5.56 Å². The van der Waals surface area contributed by atoms with Gasteiger partial charge in [-0.3, -0.25) is 0 Å². The van der Waals surface area contributed by atoms with Crippen molar-refractivity contribution in [2.45, 2.75) is 40.8 Å². The molecule has 0 saturated heterocycles. The molecule has 4 heteroatoms. The second-order valence-corrected chi connectivity index (χ2v) is 6.76. The Bertz CT molecular complexity index is 578. The Labute approximate surface area is 131 Å². The lowest BCUT2D eigenvalue weighted by Crippen LogP contribution is -2.18. The Kier molecular flexibility index (Phi) is 5.76. The first-order valence-electron chi connectivity index (χ1n) is 7.38. The number of nitrogens with zero attached hydrogens (tertiary/aromatic N) is 1. The summed E-state index contributed by atoms with van der Waals surface area (Å²) in [6.07, 6.45) is 0. The lowest BCUT2D eigenvalue weighted by Gasteiger charge is -2.08. The van der Waals surface area contributed by atoms with E-state index >= 15 is 0 Å². The topological polar surface area (TPSA) is 34.1 Å². The zero-order valence-electron chi connectivity index (χ0n) is 13.3. The summed E-state index contributed by atoms with van der Waals surface area (Å²) >= 11 is 1.69. The molecule has 0 fully saturated rings. The molecule has 0 aliphatic rings. The molecule has 0 bridgehead atoms. The first kappa shape index (κ1) is 16.0. The third-order valence-corrected chi connectivity index (χ3v) is 4.04. The maximum absolute atomic E-state index is 5.88. The minimum absolute atomic E-state index is 0.533. The van der Waals surface area contributed by atoms with Crippen LogP contribution >= 0.6 is 11.3 Å². The van der Waals surface area contributed by atoms with Crippen LogP contribution in [0.25, 0.3) is 0 Å². The third-order valence-electron chi connectivity index (χ3n) is 3.15. The van der Waals surface area contributed by atoms with Crippen LogP contribution in [-0.4, -0.2) is 11.5 Å². The van der Waals surface area contributed by atoms with E-state index < -0.39 is 0 Å². The average Bonchev–Trinajstić information content (AvgIpc) is 2.87. The van der Waals surface area contributed by atoms with Crippen LogP contribution in [0.4, 0.5) is 0 Å². The van der Waals surface area contributed by atoms with E-state index in [4.69, 9.17) is 4.74 Å². The molecule has 0 amide bonds. The summed E-state index contributed by atoms with van der Waals surface area (Å²) in [6, 6.07) is 6.27. The summed E-state index contributed by atoms with van der Waals surface area (Å²) in [5.41, 5.74) is 3.38. The minimum atomic E-state index is 0.533. The summed E-state index contributed by atoms with van der Waals surface area (Å²) in [4.78, 5) is 4.61. The second kappa shape index (κ2) is 7.57. The van der Waals surface area contributed by atoms with Crippen molar-refractivity contribution >= 4 is 11.3 Å². The van der Waals surface area contributed by atoms with E-state index in [2.05, 4.69) is 61.6 Å². The number of thiazole rings is 1. The first-order valence-corrected chi connectivity index (χ1v) is 8.26. The van der Waals surface area contributed by atoms with Crippen LogP contribution in [0.3, 0.4) is 0 Å². The molecule has 21 heavy (non-hydrogen) atoms. The highest BCUT2D eigenvalue weighted by molar-refractivity contribution is 7.09. The Hall–Kier alpha value is -1.39. The van der Waals surface area contributed by atoms with Gasteiger partial charge in [0.2, 0.25) is 0 Å². The van der Waals surface area contributed by atoms with Crippen molar-refractivity contribution in [3.63, 3.8) is 0 Å². The summed E-state index contributed by atoms with van der Waals surface area (Å²) in [7, 11) is 0. The molecular weight excluding hydrogens is 280 g/mol. The van der Waals surface area contributed by atoms with Crippen molar-refractivity contribution < 1.29 is 4.74 Å². The van der Waals surface area contributed by atoms with Crippen molar-refractivity contribution in [2.24, 2.45) is 5.92 Å². The largest absolute Gasteiger partial charge is 0.487 e. The van der Waals surface area contributed by atoms with Crippen molar-refractivity contribution in [3.05, 3.63) is 45.4 Å². The van der Waals surface area contributed by atoms with E-state index in [1.807, 2.05) is 0 Å². The van der Waals surface area contributed by atoms with Gasteiger partial charge in [0, 0.05) is 11.9 Å². The molecule has 0 radical (unpaired) electrons. The smallest absolute Gasteiger partial charge is 0.131 e. The fraction of sp³-hybridized carbons (Fsp3) is 0.471. The van der Waals surface area contributed by atoms with E-state index in [0.29, 0.717) is 12.5 Å². The molecule has 3 nitrogen and oxygen atoms in total. The Morgan fingerprint density at radius 3 is 2.86 bits per heavy atom. The molecule has 2 rings (SSSR count). The van der Waals surface area contributed by atoms with Crippen LogP contribution in [0.1, 0.15) is 35.7 Å². The Balaban J connectivity index is 1.86. The molecule has 1 aromatic carbocycles. The first-order chi connectivity index (χ1) is 10.0. The van der Waals surface area contributed by atoms with Gasteiger partial charge in [0.05, 0.1) is 5.69 Å². The predicted octanol–water partition coefficient (Wildman–Crippen LogP) is 4.08. The normalized spacial score (nSPS) is 11.1. The van der Waals surface area contributed by atoms with Gasteiger partial charge in [-0.1, -0.05) is 26.0 Å². The van der Waals surface area contributed by atoms with E-state index in [-0.39, 0.29) is 0 Å². The predicted molar refractivity (Wildman–Crippen MR) is 88.9 cm³/mol. The molecule has 2 aromatic rings. The van der Waals surface area contributed by atoms with Crippen LogP contribution < -0.4 is 10.1 Å². The number of rotatable bonds is 7. The molecule has 0 saturated carbocycles. The SMILES string of the molecule is Cc1ccc(C)c(OCc2csc(CNCC(C)C)n2)c1. The molecule has 1 N–H and O–H groups in total. The number of ether oxygens (including phenoxy) is 1. The standard InChI is InChI=1S/C17H24N2OS/c1-12(2)8-18-9-17-19-15(11-21-17)10-20-16-7-13(3)5-6-14(16)4/h5-7,11-12,18H,8-10H2,1-4H3. The third kappa shape index (κ3) is 5.14. The molecule has 1 aromatic heterocycles. The molecule has 114 valence electrons. The average molecular weight is 304 g/mol. The van der Waals surface area contributed by atoms with Gasteiger partial charge in [0.1, 0.15) is 17.4 Å². The van der Waals surface area contributed by atoms with Crippen molar-refractivity contribution in [2.75, 3.05) is 6.54 Å². The molecule has 0 aliphatic carbocycles. The fourth-order valence-corrected chi connectivity index (χ4v) is 2.73. The van der Waals surface area contributed by atoms with Crippen LogP contribution in [0.5, 0.6) is 5.75 Å². The van der Waals surface area contributed by atoms with Gasteiger partial charge >= 0.3 is 0 Å². The monoisotopic (exact) mass is 304 g/mol. The van der Waals surface area contributed by atoms with Gasteiger partial charge in [-0.15, -0.1) is 11.3 Å². The number of aromatic nitrogens is 1. The maximum Gasteiger partial charge on any atom is 0.131 e. The van der Waals surface area contributed by atoms with Crippen molar-refractivity contribution in [1.29, 1.82) is 0 Å². The lowest BCUT2D eigenvalue weighted by atomic mass is 10.1. The molecular formula is C17H24N2OS. The van der Waals surface area contributed by atoms with E-state index in [1.54, 1.807) is 11.3 Å². The summed E-state index contributed by atoms with van der Waals surface area (Å²) in [6.45, 7) is 11.0. The highest BCUT2D eigenvalue weighted by Gasteiger charge is 2.05. The van der Waals surface area contributed by atoms with Crippen LogP contribution in [-0.2, 0) is 13.2 Å². The summed E-state index contributed by atoms with van der Waals surface area (Å²) in [5.74, 6) is 1.61. The zero-order valence-corrected chi connectivity index (χ0v) is 14.1. The lowest BCUT2D eigenvalue weighted by molar-refractivity contribution is 0.299. The maximum atomic E-state index is 5.88. The molecule has 1 heterocycles. The van der Waals surface area contributed by atoms with Crippen molar-refractivity contribution in [3.8, 4) is 5.75 Å². The van der Waals surface area contributed by atoms with Crippen LogP contribution in [0.15, 0.2) is 23.6 Å². The zero-order chi connectivity index (χ0) is 15.2.